The van der Waals surface area contributed by atoms with E-state index < -0.39 is 17.9 Å². The van der Waals surface area contributed by atoms with E-state index in [2.05, 4.69) is 10.4 Å². The zero-order chi connectivity index (χ0) is 17.7. The fraction of sp³-hybridized carbons (Fsp3) is 0.647. The van der Waals surface area contributed by atoms with Gasteiger partial charge in [0.2, 0.25) is 5.91 Å². The summed E-state index contributed by atoms with van der Waals surface area (Å²) in [6, 6.07) is 0.609. The first-order chi connectivity index (χ1) is 11.4. The Morgan fingerprint density at radius 3 is 2.67 bits per heavy atom. The summed E-state index contributed by atoms with van der Waals surface area (Å²) in [5, 5.41) is 16.0. The number of aliphatic carboxylic acids is 1. The number of hydrogen-bond donors (Lipinski definition) is 2. The van der Waals surface area contributed by atoms with Gasteiger partial charge in [-0.15, -0.1) is 0 Å². The molecule has 7 nitrogen and oxygen atoms in total. The van der Waals surface area contributed by atoms with Gasteiger partial charge >= 0.3 is 5.97 Å². The molecule has 0 aliphatic heterocycles. The summed E-state index contributed by atoms with van der Waals surface area (Å²) in [4.78, 5) is 35.5. The highest BCUT2D eigenvalue weighted by molar-refractivity contribution is 5.83. The quantitative estimate of drug-likeness (QED) is 0.759. The number of rotatable bonds is 6. The number of carbonyl (C=O) groups is 2. The van der Waals surface area contributed by atoms with Crippen molar-refractivity contribution in [3.63, 3.8) is 0 Å². The molecule has 0 radical (unpaired) electrons. The molecule has 1 aromatic heterocycles. The molecule has 1 aliphatic rings. The van der Waals surface area contributed by atoms with E-state index in [1.165, 1.54) is 0 Å². The zero-order valence-corrected chi connectivity index (χ0v) is 14.2. The van der Waals surface area contributed by atoms with Crippen molar-refractivity contribution >= 4 is 11.9 Å². The summed E-state index contributed by atoms with van der Waals surface area (Å²) in [6.07, 6.45) is 5.19. The van der Waals surface area contributed by atoms with Crippen molar-refractivity contribution in [1.29, 1.82) is 0 Å². The molecule has 2 rings (SSSR count). The van der Waals surface area contributed by atoms with Crippen LogP contribution < -0.4 is 10.9 Å². The summed E-state index contributed by atoms with van der Waals surface area (Å²) in [6.45, 7) is 3.52. The van der Waals surface area contributed by atoms with Gasteiger partial charge in [-0.2, -0.15) is 5.10 Å². The monoisotopic (exact) mass is 335 g/mol. The van der Waals surface area contributed by atoms with Crippen LogP contribution in [0.2, 0.25) is 0 Å². The van der Waals surface area contributed by atoms with Crippen LogP contribution in [0.25, 0.3) is 0 Å². The van der Waals surface area contributed by atoms with Crippen LogP contribution in [0.5, 0.6) is 0 Å². The van der Waals surface area contributed by atoms with Crippen LogP contribution in [-0.4, -0.2) is 32.8 Å². The van der Waals surface area contributed by atoms with Gasteiger partial charge in [0.15, 0.2) is 0 Å². The lowest BCUT2D eigenvalue weighted by Gasteiger charge is -2.17. The number of aryl methyl sites for hydroxylation is 2. The third kappa shape index (κ3) is 4.91. The molecule has 0 spiro atoms. The molecule has 2 N–H and O–H groups in total. The van der Waals surface area contributed by atoms with Gasteiger partial charge in [0.05, 0.1) is 5.69 Å². The molecule has 1 heterocycles. The van der Waals surface area contributed by atoms with Gasteiger partial charge in [0.25, 0.3) is 5.56 Å². The van der Waals surface area contributed by atoms with Crippen LogP contribution in [0.1, 0.15) is 50.8 Å². The van der Waals surface area contributed by atoms with E-state index in [0.717, 1.165) is 48.0 Å². The number of carboxylic acid groups (broad SMARTS) is 1. The summed E-state index contributed by atoms with van der Waals surface area (Å²) in [5.74, 6) is -1.44. The van der Waals surface area contributed by atoms with E-state index in [0.29, 0.717) is 6.42 Å². The van der Waals surface area contributed by atoms with E-state index >= 15 is 0 Å². The van der Waals surface area contributed by atoms with E-state index in [4.69, 9.17) is 0 Å². The summed E-state index contributed by atoms with van der Waals surface area (Å²) in [5.41, 5.74) is 1.52. The summed E-state index contributed by atoms with van der Waals surface area (Å²) >= 11 is 0. The van der Waals surface area contributed by atoms with E-state index in [1.807, 2.05) is 13.8 Å². The minimum Gasteiger partial charge on any atom is -0.480 e. The van der Waals surface area contributed by atoms with Gasteiger partial charge in [0, 0.05) is 6.07 Å². The largest absolute Gasteiger partial charge is 0.480 e. The maximum atomic E-state index is 12.1. The fourth-order valence-corrected chi connectivity index (χ4v) is 2.96. The Hall–Kier alpha value is -2.18. The number of nitrogens with one attached hydrogen (secondary N) is 1. The predicted molar refractivity (Wildman–Crippen MR) is 88.8 cm³/mol. The molecular weight excluding hydrogens is 310 g/mol. The number of hydrogen-bond acceptors (Lipinski definition) is 4. The third-order valence-electron chi connectivity index (χ3n) is 4.16. The average molecular weight is 335 g/mol. The second kappa shape index (κ2) is 8.08. The Kier molecular flexibility index (Phi) is 6.11. The smallest absolute Gasteiger partial charge is 0.326 e. The molecule has 0 aromatic carbocycles. The lowest BCUT2D eigenvalue weighted by atomic mass is 10.0. The van der Waals surface area contributed by atoms with Gasteiger partial charge in [-0.3, -0.25) is 9.59 Å². The van der Waals surface area contributed by atoms with E-state index in [-0.39, 0.29) is 18.0 Å². The van der Waals surface area contributed by atoms with E-state index in [1.54, 1.807) is 6.07 Å². The van der Waals surface area contributed by atoms with Crippen LogP contribution in [0.3, 0.4) is 0 Å². The Labute approximate surface area is 141 Å². The number of fused-ring (bicyclic) bond motifs is 1. The van der Waals surface area contributed by atoms with E-state index in [9.17, 15) is 19.5 Å². The summed E-state index contributed by atoms with van der Waals surface area (Å²) in [7, 11) is 0. The fourth-order valence-electron chi connectivity index (χ4n) is 2.96. The van der Waals surface area contributed by atoms with Crippen LogP contribution in [0.4, 0.5) is 0 Å². The van der Waals surface area contributed by atoms with Gasteiger partial charge < -0.3 is 10.4 Å². The first-order valence-corrected chi connectivity index (χ1v) is 8.49. The molecule has 24 heavy (non-hydrogen) atoms. The van der Waals surface area contributed by atoms with Crippen LogP contribution in [-0.2, 0) is 29.0 Å². The third-order valence-corrected chi connectivity index (χ3v) is 4.16. The Bertz CT molecular complexity index is 666. The minimum absolute atomic E-state index is 0.139. The molecule has 1 atom stereocenters. The van der Waals surface area contributed by atoms with Gasteiger partial charge in [0.1, 0.15) is 12.6 Å². The van der Waals surface area contributed by atoms with Crippen LogP contribution in [0.15, 0.2) is 10.9 Å². The molecular formula is C17H25N3O4. The van der Waals surface area contributed by atoms with Crippen molar-refractivity contribution in [1.82, 2.24) is 15.1 Å². The molecule has 1 amide bonds. The normalized spacial score (nSPS) is 15.5. The van der Waals surface area contributed by atoms with Gasteiger partial charge in [-0.1, -0.05) is 20.3 Å². The topological polar surface area (TPSA) is 101 Å². The lowest BCUT2D eigenvalue weighted by Crippen LogP contribution is -2.44. The van der Waals surface area contributed by atoms with Gasteiger partial charge in [-0.25, -0.2) is 9.48 Å². The number of carbonyl (C=O) groups excluding carboxylic acids is 1. The SMILES string of the molecule is CC(C)CC(NC(=O)Cn1nc2c(cc1=O)CCCCC2)C(=O)O. The maximum absolute atomic E-state index is 12.1. The molecule has 1 unspecified atom stereocenters. The van der Waals surface area contributed by atoms with Crippen molar-refractivity contribution in [3.8, 4) is 0 Å². The van der Waals surface area contributed by atoms with Crippen molar-refractivity contribution in [2.45, 2.75) is 65.0 Å². The molecule has 132 valence electrons. The van der Waals surface area contributed by atoms with Crippen molar-refractivity contribution < 1.29 is 14.7 Å². The first-order valence-electron chi connectivity index (χ1n) is 8.49. The molecule has 0 saturated carbocycles. The zero-order valence-electron chi connectivity index (χ0n) is 14.2. The van der Waals surface area contributed by atoms with Gasteiger partial charge in [-0.05, 0) is 43.6 Å². The van der Waals surface area contributed by atoms with Crippen LogP contribution >= 0.6 is 0 Å². The molecule has 7 heteroatoms. The van der Waals surface area contributed by atoms with Crippen molar-refractivity contribution in [3.05, 3.63) is 27.7 Å². The number of carboxylic acids is 1. The maximum Gasteiger partial charge on any atom is 0.326 e. The molecule has 0 fully saturated rings. The molecule has 1 aliphatic carbocycles. The molecule has 0 bridgehead atoms. The van der Waals surface area contributed by atoms with Crippen molar-refractivity contribution in [2.75, 3.05) is 0 Å². The molecule has 0 saturated heterocycles. The number of amides is 1. The summed E-state index contributed by atoms with van der Waals surface area (Å²) < 4.78 is 1.13. The Balaban J connectivity index is 2.09. The highest BCUT2D eigenvalue weighted by atomic mass is 16.4. The lowest BCUT2D eigenvalue weighted by molar-refractivity contribution is -0.142. The predicted octanol–water partition coefficient (Wildman–Crippen LogP) is 1.13. The number of aromatic nitrogens is 2. The highest BCUT2D eigenvalue weighted by Gasteiger charge is 2.22. The first kappa shape index (κ1) is 18.2. The number of nitrogens with zero attached hydrogens (tertiary/aromatic N) is 2. The highest BCUT2D eigenvalue weighted by Crippen LogP contribution is 2.16. The van der Waals surface area contributed by atoms with Crippen molar-refractivity contribution in [2.24, 2.45) is 5.92 Å². The van der Waals surface area contributed by atoms with Crippen LogP contribution in [0, 0.1) is 5.92 Å². The Morgan fingerprint density at radius 1 is 1.29 bits per heavy atom. The average Bonchev–Trinajstić information content (AvgIpc) is 2.71. The molecule has 1 aromatic rings. The second-order valence-corrected chi connectivity index (χ2v) is 6.76. The Morgan fingerprint density at radius 2 is 2.00 bits per heavy atom. The second-order valence-electron chi connectivity index (χ2n) is 6.76. The standard InChI is InChI=1S/C17H25N3O4/c1-11(2)8-14(17(23)24)18-15(21)10-20-16(22)9-12-6-4-3-5-7-13(12)19-20/h9,11,14H,3-8,10H2,1-2H3,(H,18,21)(H,23,24). The minimum atomic E-state index is -1.07.